The van der Waals surface area contributed by atoms with Gasteiger partial charge < -0.3 is 9.80 Å². The van der Waals surface area contributed by atoms with Crippen LogP contribution in [0.5, 0.6) is 0 Å². The van der Waals surface area contributed by atoms with Gasteiger partial charge in [0.25, 0.3) is 6.71 Å². The molecular weight excluding hydrogens is 828 g/mol. The smallest absolute Gasteiger partial charge is 0.252 e. The van der Waals surface area contributed by atoms with Crippen molar-refractivity contribution in [1.29, 1.82) is 0 Å². The van der Waals surface area contributed by atoms with Gasteiger partial charge in [0, 0.05) is 48.6 Å². The van der Waals surface area contributed by atoms with E-state index < -0.39 is 0 Å². The summed E-state index contributed by atoms with van der Waals surface area (Å²) >= 11 is 1.97. The molecule has 0 unspecified atom stereocenters. The first kappa shape index (κ1) is 43.5. The van der Waals surface area contributed by atoms with Crippen molar-refractivity contribution < 1.29 is 0 Å². The van der Waals surface area contributed by atoms with E-state index in [1.807, 2.05) is 11.3 Å². The molecule has 3 heterocycles. The largest absolute Gasteiger partial charge is 0.311 e. The molecule has 3 aliphatic carbocycles. The van der Waals surface area contributed by atoms with Crippen molar-refractivity contribution in [2.45, 2.75) is 174 Å². The fourth-order valence-corrected chi connectivity index (χ4v) is 14.7. The summed E-state index contributed by atoms with van der Waals surface area (Å²) < 4.78 is 2.74. The predicted molar refractivity (Wildman–Crippen MR) is 293 cm³/mol. The van der Waals surface area contributed by atoms with Crippen molar-refractivity contribution in [3.63, 3.8) is 0 Å². The normalized spacial score (nSPS) is 20.0. The molecule has 7 aromatic rings. The second-order valence-corrected chi connectivity index (χ2v) is 26.4. The summed E-state index contributed by atoms with van der Waals surface area (Å²) in [6.07, 6.45) is 11.3. The molecule has 1 fully saturated rings. The molecule has 0 bridgehead atoms. The van der Waals surface area contributed by atoms with E-state index in [4.69, 9.17) is 0 Å². The highest BCUT2D eigenvalue weighted by Crippen LogP contribution is 2.55. The van der Waals surface area contributed by atoms with E-state index in [1.165, 1.54) is 162 Å². The molecule has 12 rings (SSSR count). The maximum atomic E-state index is 2.78. The van der Waals surface area contributed by atoms with Crippen molar-refractivity contribution in [2.24, 2.45) is 0 Å². The van der Waals surface area contributed by atoms with Gasteiger partial charge in [-0.2, -0.15) is 0 Å². The number of para-hydroxylation sites is 1. The molecule has 0 N–H and O–H groups in total. The maximum absolute atomic E-state index is 2.78. The van der Waals surface area contributed by atoms with Gasteiger partial charge in [0.1, 0.15) is 0 Å². The van der Waals surface area contributed by atoms with E-state index in [9.17, 15) is 0 Å². The molecule has 67 heavy (non-hydrogen) atoms. The van der Waals surface area contributed by atoms with Crippen molar-refractivity contribution in [2.75, 3.05) is 9.80 Å². The lowest BCUT2D eigenvalue weighted by atomic mass is 9.33. The number of nitrogens with zero attached hydrogens (tertiary/aromatic N) is 2. The minimum Gasteiger partial charge on any atom is -0.311 e. The Bertz CT molecular complexity index is 3200. The van der Waals surface area contributed by atoms with Crippen LogP contribution in [0.2, 0.25) is 0 Å². The third kappa shape index (κ3) is 6.53. The van der Waals surface area contributed by atoms with E-state index in [2.05, 4.69) is 190 Å². The van der Waals surface area contributed by atoms with Gasteiger partial charge in [-0.15, -0.1) is 11.3 Å². The number of aryl methyl sites for hydroxylation is 1. The minimum absolute atomic E-state index is 0.0382. The Hall–Kier alpha value is -4.80. The van der Waals surface area contributed by atoms with E-state index in [0.29, 0.717) is 5.92 Å². The maximum Gasteiger partial charge on any atom is 0.252 e. The van der Waals surface area contributed by atoms with Crippen LogP contribution in [0.1, 0.15) is 179 Å². The van der Waals surface area contributed by atoms with Crippen LogP contribution in [0.3, 0.4) is 0 Å². The van der Waals surface area contributed by atoms with Crippen LogP contribution in [0.25, 0.3) is 20.2 Å². The lowest BCUT2D eigenvalue weighted by molar-refractivity contribution is 0.332. The van der Waals surface area contributed by atoms with Gasteiger partial charge in [0.2, 0.25) is 0 Å². The van der Waals surface area contributed by atoms with E-state index in [0.717, 1.165) is 0 Å². The number of thiophene rings is 1. The summed E-state index contributed by atoms with van der Waals surface area (Å²) in [4.78, 5) is 5.54. The molecule has 2 nitrogen and oxygen atoms in total. The first-order valence-corrected chi connectivity index (χ1v) is 26.7. The Balaban J connectivity index is 1.25. The summed E-state index contributed by atoms with van der Waals surface area (Å²) in [5, 5.41) is 2.80. The molecule has 0 saturated heterocycles. The highest BCUT2D eigenvalue weighted by atomic mass is 32.1. The number of rotatable bonds is 3. The van der Waals surface area contributed by atoms with Gasteiger partial charge in [0.05, 0.1) is 5.69 Å². The fraction of sp³-hybridized carbons (Fsp3) is 0.429. The topological polar surface area (TPSA) is 6.48 Å². The Morgan fingerprint density at radius 1 is 0.552 bits per heavy atom. The van der Waals surface area contributed by atoms with Crippen LogP contribution in [0.4, 0.5) is 34.1 Å². The Morgan fingerprint density at radius 2 is 1.16 bits per heavy atom. The zero-order chi connectivity index (χ0) is 46.7. The predicted octanol–water partition coefficient (Wildman–Crippen LogP) is 16.5. The van der Waals surface area contributed by atoms with Gasteiger partial charge in [-0.25, -0.2) is 0 Å². The number of anilines is 6. The lowest BCUT2D eigenvalue weighted by Crippen LogP contribution is -2.62. The van der Waals surface area contributed by atoms with Gasteiger partial charge in [-0.05, 0) is 188 Å². The van der Waals surface area contributed by atoms with Crippen LogP contribution in [-0.2, 0) is 27.1 Å². The summed E-state index contributed by atoms with van der Waals surface area (Å²) in [7, 11) is 0. The van der Waals surface area contributed by atoms with Crippen LogP contribution in [0, 0.1) is 6.92 Å². The molecule has 0 atom stereocenters. The third-order valence-electron chi connectivity index (χ3n) is 18.0. The quantitative estimate of drug-likeness (QED) is 0.163. The van der Waals surface area contributed by atoms with Gasteiger partial charge in [-0.3, -0.25) is 0 Å². The first-order chi connectivity index (χ1) is 31.7. The molecule has 1 saturated carbocycles. The van der Waals surface area contributed by atoms with Crippen LogP contribution in [0.15, 0.2) is 97.1 Å². The SMILES string of the molecule is Cc1ccccc1N1c2cc(C3CCCCC3)cc3c2B(c2cc4c(cc2N3c2ccc3c(c2)C(C)(C)CCC3(C)C)C(C)(C)CCC4(C)C)c2ccc3sc4ccc(C(C)(C)C)cc4c3c21. The van der Waals surface area contributed by atoms with Gasteiger partial charge in [-0.1, -0.05) is 138 Å². The molecule has 1 aromatic heterocycles. The summed E-state index contributed by atoms with van der Waals surface area (Å²) in [6.45, 7) is 29.5. The highest BCUT2D eigenvalue weighted by Gasteiger charge is 2.48. The summed E-state index contributed by atoms with van der Waals surface area (Å²) in [5.74, 6) is 0.538. The molecule has 2 aliphatic heterocycles. The van der Waals surface area contributed by atoms with Gasteiger partial charge >= 0.3 is 0 Å². The molecule has 342 valence electrons. The fourth-order valence-electron chi connectivity index (χ4n) is 13.6. The molecule has 4 heteroatoms. The van der Waals surface area contributed by atoms with Crippen LogP contribution < -0.4 is 26.2 Å². The second kappa shape index (κ2) is 14.6. The highest BCUT2D eigenvalue weighted by molar-refractivity contribution is 7.26. The third-order valence-corrected chi connectivity index (χ3v) is 19.2. The van der Waals surface area contributed by atoms with Crippen molar-refractivity contribution in [1.82, 2.24) is 0 Å². The summed E-state index contributed by atoms with van der Waals surface area (Å²) in [5.41, 5.74) is 23.2. The summed E-state index contributed by atoms with van der Waals surface area (Å²) in [6, 6.07) is 40.1. The first-order valence-electron chi connectivity index (χ1n) is 25.9. The number of benzene rings is 6. The van der Waals surface area contributed by atoms with Crippen LogP contribution in [-0.4, -0.2) is 6.71 Å². The average Bonchev–Trinajstić information content (AvgIpc) is 3.68. The minimum atomic E-state index is 0.0382. The second-order valence-electron chi connectivity index (χ2n) is 25.4. The zero-order valence-electron chi connectivity index (χ0n) is 42.6. The Kier molecular flexibility index (Phi) is 9.48. The van der Waals surface area contributed by atoms with Crippen molar-refractivity contribution in [3.8, 4) is 0 Å². The Morgan fingerprint density at radius 3 is 1.84 bits per heavy atom. The molecule has 5 aliphatic rings. The van der Waals surface area contributed by atoms with Gasteiger partial charge in [0.15, 0.2) is 0 Å². The number of hydrogen-bond acceptors (Lipinski definition) is 3. The number of hydrogen-bond donors (Lipinski definition) is 0. The monoisotopic (exact) mass is 899 g/mol. The number of fused-ring (bicyclic) bond motifs is 10. The lowest BCUT2D eigenvalue weighted by Gasteiger charge is -2.48. The van der Waals surface area contributed by atoms with Crippen molar-refractivity contribution >= 4 is 88.7 Å². The van der Waals surface area contributed by atoms with E-state index in [-0.39, 0.29) is 33.8 Å². The zero-order valence-corrected chi connectivity index (χ0v) is 43.4. The van der Waals surface area contributed by atoms with E-state index in [1.54, 1.807) is 5.56 Å². The van der Waals surface area contributed by atoms with Crippen molar-refractivity contribution in [3.05, 3.63) is 136 Å². The standard InChI is InChI=1S/C63H71BN2S/c1-38-18-16-17-21-50(38)66-53-33-40(39-19-14-13-15-20-39)32-52-57(53)64(48-25-27-55-56(58(48)66)43-34-41(59(2,3)4)22-26-54(43)67-55)49-36-46-47(63(11,12)31-30-62(46,9)10)37-51(49)65(52)42-23-24-44-45(35-42)61(7,8)29-28-60(44,5)6/h16-18,21-27,32-37,39H,13-15,19-20,28-31H2,1-12H3. The average molecular weight is 899 g/mol. The molecule has 6 aromatic carbocycles. The molecule has 0 radical (unpaired) electrons. The van der Waals surface area contributed by atoms with E-state index >= 15 is 0 Å². The molecular formula is C63H71BN2S. The Labute approximate surface area is 406 Å². The van der Waals surface area contributed by atoms with Crippen LogP contribution >= 0.6 is 11.3 Å². The molecule has 0 spiro atoms. The molecule has 0 amide bonds.